The molecule has 0 aliphatic carbocycles. The zero-order chi connectivity index (χ0) is 22.1. The van der Waals surface area contributed by atoms with Crippen LogP contribution in [0.5, 0.6) is 0 Å². The maximum Gasteiger partial charge on any atom is 0.0682 e. The van der Waals surface area contributed by atoms with Crippen molar-refractivity contribution in [3.05, 3.63) is 69.3 Å². The van der Waals surface area contributed by atoms with Gasteiger partial charge < -0.3 is 5.11 Å². The minimum Gasteiger partial charge on any atom is -0.392 e. The van der Waals surface area contributed by atoms with Gasteiger partial charge in [0, 0.05) is 0 Å². The lowest BCUT2D eigenvalue weighted by Crippen LogP contribution is -2.25. The fourth-order valence-corrected chi connectivity index (χ4v) is 4.65. The molecule has 0 heterocycles. The molecule has 0 spiro atoms. The summed E-state index contributed by atoms with van der Waals surface area (Å²) in [5.74, 6) is 0.952. The molecule has 0 saturated carbocycles. The predicted octanol–water partition coefficient (Wildman–Crippen LogP) is 7.55. The van der Waals surface area contributed by atoms with Gasteiger partial charge in [0.15, 0.2) is 0 Å². The zero-order valence-electron chi connectivity index (χ0n) is 20.4. The summed E-state index contributed by atoms with van der Waals surface area (Å²) < 4.78 is 0. The van der Waals surface area contributed by atoms with Gasteiger partial charge in [-0.2, -0.15) is 0 Å². The molecule has 0 saturated heterocycles. The van der Waals surface area contributed by atoms with Gasteiger partial charge in [-0.1, -0.05) is 98.2 Å². The number of hydrogen-bond donors (Lipinski definition) is 1. The van der Waals surface area contributed by atoms with Gasteiger partial charge >= 0.3 is 0 Å². The third-order valence-corrected chi connectivity index (χ3v) is 6.09. The first kappa shape index (κ1) is 23.7. The Labute approximate surface area is 179 Å². The molecule has 1 heteroatoms. The first-order chi connectivity index (χ1) is 13.3. The third-order valence-electron chi connectivity index (χ3n) is 6.09. The Hall–Kier alpha value is -1.60. The van der Waals surface area contributed by atoms with Crippen molar-refractivity contribution in [3.63, 3.8) is 0 Å². The fourth-order valence-electron chi connectivity index (χ4n) is 4.65. The Morgan fingerprint density at radius 1 is 0.828 bits per heavy atom. The van der Waals surface area contributed by atoms with Gasteiger partial charge in [0.05, 0.1) is 6.61 Å². The smallest absolute Gasteiger partial charge is 0.0682 e. The molecule has 0 radical (unpaired) electrons. The highest BCUT2D eigenvalue weighted by atomic mass is 16.3. The SMILES string of the molecule is Cc1ccc(C(C)C)c(C(C)(C)Cc2cc(CO)cc(C(C)(C)C)c2C(C)C)c1. The highest BCUT2D eigenvalue weighted by Gasteiger charge is 2.29. The van der Waals surface area contributed by atoms with Crippen molar-refractivity contribution in [2.45, 2.75) is 105 Å². The van der Waals surface area contributed by atoms with Crippen LogP contribution in [-0.2, 0) is 23.9 Å². The standard InChI is InChI=1S/C28H42O/c1-18(2)23-12-11-20(5)13-24(23)28(9,10)16-22-14-21(17-29)15-25(27(6,7)8)26(22)19(3)4/h11-15,18-19,29H,16-17H2,1-10H3. The average molecular weight is 395 g/mol. The van der Waals surface area contributed by atoms with Crippen molar-refractivity contribution in [2.24, 2.45) is 0 Å². The molecule has 0 aliphatic heterocycles. The monoisotopic (exact) mass is 394 g/mol. The van der Waals surface area contributed by atoms with Crippen LogP contribution in [0.25, 0.3) is 0 Å². The molecule has 0 aliphatic rings. The van der Waals surface area contributed by atoms with Crippen LogP contribution in [0.1, 0.15) is 113 Å². The molecule has 0 atom stereocenters. The molecule has 0 amide bonds. The van der Waals surface area contributed by atoms with Crippen LogP contribution >= 0.6 is 0 Å². The molecule has 0 aromatic heterocycles. The lowest BCUT2D eigenvalue weighted by molar-refractivity contribution is 0.281. The number of aryl methyl sites for hydroxylation is 1. The maximum atomic E-state index is 9.95. The van der Waals surface area contributed by atoms with Crippen molar-refractivity contribution in [1.29, 1.82) is 0 Å². The Kier molecular flexibility index (Phi) is 7.05. The van der Waals surface area contributed by atoms with Gasteiger partial charge in [-0.25, -0.2) is 0 Å². The Morgan fingerprint density at radius 3 is 1.93 bits per heavy atom. The number of hydrogen-bond acceptors (Lipinski definition) is 1. The van der Waals surface area contributed by atoms with Gasteiger partial charge in [-0.3, -0.25) is 0 Å². The Balaban J connectivity index is 2.68. The van der Waals surface area contributed by atoms with Crippen LogP contribution in [0.2, 0.25) is 0 Å². The summed E-state index contributed by atoms with van der Waals surface area (Å²) in [6, 6.07) is 11.4. The molecule has 0 fully saturated rings. The third kappa shape index (κ3) is 5.31. The molecule has 0 bridgehead atoms. The minimum atomic E-state index is 0.0124. The molecule has 2 aromatic carbocycles. The van der Waals surface area contributed by atoms with Gasteiger partial charge in [0.1, 0.15) is 0 Å². The maximum absolute atomic E-state index is 9.95. The topological polar surface area (TPSA) is 20.2 Å². The Morgan fingerprint density at radius 2 is 1.45 bits per heavy atom. The van der Waals surface area contributed by atoms with Gasteiger partial charge in [-0.05, 0) is 69.4 Å². The number of aliphatic hydroxyl groups excluding tert-OH is 1. The Bertz CT molecular complexity index is 847. The molecular formula is C28H42O. The highest BCUT2D eigenvalue weighted by molar-refractivity contribution is 5.47. The van der Waals surface area contributed by atoms with Crippen LogP contribution in [0, 0.1) is 6.92 Å². The van der Waals surface area contributed by atoms with E-state index in [4.69, 9.17) is 0 Å². The molecule has 0 unspecified atom stereocenters. The summed E-state index contributed by atoms with van der Waals surface area (Å²) in [7, 11) is 0. The zero-order valence-corrected chi connectivity index (χ0v) is 20.4. The molecular weight excluding hydrogens is 352 g/mol. The van der Waals surface area contributed by atoms with E-state index < -0.39 is 0 Å². The second-order valence-electron chi connectivity index (χ2n) is 11.1. The van der Waals surface area contributed by atoms with Crippen molar-refractivity contribution in [3.8, 4) is 0 Å². The van der Waals surface area contributed by atoms with Crippen molar-refractivity contribution >= 4 is 0 Å². The van der Waals surface area contributed by atoms with E-state index in [1.807, 2.05) is 0 Å². The van der Waals surface area contributed by atoms with Crippen LogP contribution < -0.4 is 0 Å². The fraction of sp³-hybridized carbons (Fsp3) is 0.571. The van der Waals surface area contributed by atoms with Crippen LogP contribution in [0.15, 0.2) is 30.3 Å². The van der Waals surface area contributed by atoms with E-state index in [1.54, 1.807) is 0 Å². The number of benzene rings is 2. The molecule has 2 rings (SSSR count). The van der Waals surface area contributed by atoms with E-state index >= 15 is 0 Å². The second-order valence-corrected chi connectivity index (χ2v) is 11.1. The normalized spacial score (nSPS) is 12.9. The summed E-state index contributed by atoms with van der Waals surface area (Å²) in [5.41, 5.74) is 9.53. The van der Waals surface area contributed by atoms with E-state index in [-0.39, 0.29) is 17.4 Å². The summed E-state index contributed by atoms with van der Waals surface area (Å²) in [4.78, 5) is 0. The van der Waals surface area contributed by atoms with E-state index in [9.17, 15) is 5.11 Å². The van der Waals surface area contributed by atoms with E-state index in [0.29, 0.717) is 11.8 Å². The predicted molar refractivity (Wildman–Crippen MR) is 127 cm³/mol. The molecule has 1 nitrogen and oxygen atoms in total. The van der Waals surface area contributed by atoms with E-state index in [1.165, 1.54) is 33.4 Å². The highest BCUT2D eigenvalue weighted by Crippen LogP contribution is 2.39. The summed E-state index contributed by atoms with van der Waals surface area (Å²) in [6.45, 7) is 23.0. The molecule has 1 N–H and O–H groups in total. The average Bonchev–Trinajstić information content (AvgIpc) is 2.59. The van der Waals surface area contributed by atoms with E-state index in [2.05, 4.69) is 99.6 Å². The van der Waals surface area contributed by atoms with Crippen LogP contribution in [-0.4, -0.2) is 5.11 Å². The quantitative estimate of drug-likeness (QED) is 0.536. The first-order valence-corrected chi connectivity index (χ1v) is 11.2. The molecule has 2 aromatic rings. The summed E-state index contributed by atoms with van der Waals surface area (Å²) in [5, 5.41) is 9.95. The lowest BCUT2D eigenvalue weighted by Gasteiger charge is -2.34. The molecule has 29 heavy (non-hydrogen) atoms. The second kappa shape index (κ2) is 8.64. The van der Waals surface area contributed by atoms with Gasteiger partial charge in [0.25, 0.3) is 0 Å². The first-order valence-electron chi connectivity index (χ1n) is 11.2. The van der Waals surface area contributed by atoms with Gasteiger partial charge in [0.2, 0.25) is 0 Å². The van der Waals surface area contributed by atoms with Gasteiger partial charge in [-0.15, -0.1) is 0 Å². The minimum absolute atomic E-state index is 0.0124. The number of rotatable bonds is 6. The van der Waals surface area contributed by atoms with Crippen LogP contribution in [0.3, 0.4) is 0 Å². The largest absolute Gasteiger partial charge is 0.392 e. The molecule has 160 valence electrons. The van der Waals surface area contributed by atoms with Crippen LogP contribution in [0.4, 0.5) is 0 Å². The number of aliphatic hydroxyl groups is 1. The van der Waals surface area contributed by atoms with Crippen molar-refractivity contribution < 1.29 is 5.11 Å². The van der Waals surface area contributed by atoms with Crippen molar-refractivity contribution in [2.75, 3.05) is 0 Å². The lowest BCUT2D eigenvalue weighted by atomic mass is 9.71. The van der Waals surface area contributed by atoms with E-state index in [0.717, 1.165) is 12.0 Å². The summed E-state index contributed by atoms with van der Waals surface area (Å²) >= 11 is 0. The van der Waals surface area contributed by atoms with Crippen molar-refractivity contribution in [1.82, 2.24) is 0 Å². The summed E-state index contributed by atoms with van der Waals surface area (Å²) in [6.07, 6.45) is 0.973.